The van der Waals surface area contributed by atoms with Gasteiger partial charge in [0.05, 0.1) is 13.7 Å². The number of benzene rings is 1. The highest BCUT2D eigenvalue weighted by atomic mass is 19.3. The summed E-state index contributed by atoms with van der Waals surface area (Å²) in [4.78, 5) is 23.4. The zero-order valence-corrected chi connectivity index (χ0v) is 14.5. The average Bonchev–Trinajstić information content (AvgIpc) is 2.53. The Balaban J connectivity index is 2.87. The Hall–Kier alpha value is -2.64. The standard InChI is InChI=1S/C17H21F2NO5/c1-5-24-13-10-11(6-8-12(13)25-16(18)19)7-9-14(21)20-17(2,3)15(22)23-4/h6-10,16H,5H2,1-4H3,(H,20,21)/b9-7+. The van der Waals surface area contributed by atoms with E-state index in [0.29, 0.717) is 5.56 Å². The van der Waals surface area contributed by atoms with Crippen LogP contribution in [0.15, 0.2) is 24.3 Å². The third kappa shape index (κ3) is 6.40. The molecule has 0 saturated carbocycles. The Morgan fingerprint density at radius 1 is 1.28 bits per heavy atom. The van der Waals surface area contributed by atoms with Gasteiger partial charge in [0.15, 0.2) is 11.5 Å². The number of ether oxygens (including phenoxy) is 3. The molecule has 0 heterocycles. The summed E-state index contributed by atoms with van der Waals surface area (Å²) < 4.78 is 39.0. The summed E-state index contributed by atoms with van der Waals surface area (Å²) in [7, 11) is 1.23. The minimum absolute atomic E-state index is 0.0923. The van der Waals surface area contributed by atoms with Crippen LogP contribution in [0.1, 0.15) is 26.3 Å². The molecule has 0 aromatic heterocycles. The Labute approximate surface area is 144 Å². The molecule has 0 fully saturated rings. The number of hydrogen-bond acceptors (Lipinski definition) is 5. The number of methoxy groups -OCH3 is 1. The van der Waals surface area contributed by atoms with Crippen molar-refractivity contribution >= 4 is 18.0 Å². The van der Waals surface area contributed by atoms with Crippen molar-refractivity contribution in [2.45, 2.75) is 32.9 Å². The molecule has 1 N–H and O–H groups in total. The molecule has 1 rings (SSSR count). The molecule has 0 aliphatic rings. The lowest BCUT2D eigenvalue weighted by molar-refractivity contribution is -0.148. The van der Waals surface area contributed by atoms with Crippen LogP contribution in [0.3, 0.4) is 0 Å². The molecule has 0 radical (unpaired) electrons. The minimum atomic E-state index is -2.97. The zero-order valence-electron chi connectivity index (χ0n) is 14.5. The molecule has 0 aliphatic heterocycles. The fraction of sp³-hybridized carbons (Fsp3) is 0.412. The first-order chi connectivity index (χ1) is 11.7. The van der Waals surface area contributed by atoms with Crippen molar-refractivity contribution in [3.05, 3.63) is 29.8 Å². The van der Waals surface area contributed by atoms with Crippen molar-refractivity contribution in [2.24, 2.45) is 0 Å². The van der Waals surface area contributed by atoms with Crippen molar-refractivity contribution < 1.29 is 32.6 Å². The van der Waals surface area contributed by atoms with Crippen LogP contribution in [0.4, 0.5) is 8.78 Å². The molecule has 25 heavy (non-hydrogen) atoms. The van der Waals surface area contributed by atoms with Crippen molar-refractivity contribution in [3.63, 3.8) is 0 Å². The van der Waals surface area contributed by atoms with Gasteiger partial charge in [0.1, 0.15) is 5.54 Å². The molecule has 1 aromatic rings. The van der Waals surface area contributed by atoms with Crippen molar-refractivity contribution in [2.75, 3.05) is 13.7 Å². The summed E-state index contributed by atoms with van der Waals surface area (Å²) in [5, 5.41) is 2.50. The number of carbonyl (C=O) groups is 2. The number of nitrogens with one attached hydrogen (secondary N) is 1. The predicted molar refractivity (Wildman–Crippen MR) is 87.5 cm³/mol. The van der Waals surface area contributed by atoms with E-state index < -0.39 is 24.0 Å². The highest BCUT2D eigenvalue weighted by molar-refractivity contribution is 5.95. The summed E-state index contributed by atoms with van der Waals surface area (Å²) in [6.07, 6.45) is 2.67. The largest absolute Gasteiger partial charge is 0.490 e. The van der Waals surface area contributed by atoms with Gasteiger partial charge in [-0.15, -0.1) is 0 Å². The molecule has 8 heteroatoms. The Morgan fingerprint density at radius 3 is 2.52 bits per heavy atom. The lowest BCUT2D eigenvalue weighted by Gasteiger charge is -2.22. The van der Waals surface area contributed by atoms with E-state index in [4.69, 9.17) is 4.74 Å². The van der Waals surface area contributed by atoms with Crippen LogP contribution >= 0.6 is 0 Å². The van der Waals surface area contributed by atoms with Gasteiger partial charge in [0.2, 0.25) is 5.91 Å². The molecular formula is C17H21F2NO5. The molecule has 0 spiro atoms. The summed E-state index contributed by atoms with van der Waals surface area (Å²) in [6, 6.07) is 4.29. The van der Waals surface area contributed by atoms with Crippen molar-refractivity contribution in [1.29, 1.82) is 0 Å². The topological polar surface area (TPSA) is 73.9 Å². The van der Waals surface area contributed by atoms with Crippen LogP contribution in [0.5, 0.6) is 11.5 Å². The molecule has 0 aliphatic carbocycles. The van der Waals surface area contributed by atoms with Crippen LogP contribution in [-0.2, 0) is 14.3 Å². The molecular weight excluding hydrogens is 336 g/mol. The molecule has 1 amide bonds. The van der Waals surface area contributed by atoms with E-state index in [9.17, 15) is 18.4 Å². The Kier molecular flexibility index (Phi) is 7.35. The maximum Gasteiger partial charge on any atom is 0.387 e. The number of carbonyl (C=O) groups excluding carboxylic acids is 2. The van der Waals surface area contributed by atoms with Crippen LogP contribution in [0, 0.1) is 0 Å². The molecule has 0 bridgehead atoms. The molecule has 6 nitrogen and oxygen atoms in total. The normalized spacial score (nSPS) is 11.5. The number of amides is 1. The summed E-state index contributed by atoms with van der Waals surface area (Å²) >= 11 is 0. The van der Waals surface area contributed by atoms with Crippen LogP contribution in [-0.4, -0.2) is 37.7 Å². The fourth-order valence-electron chi connectivity index (χ4n) is 1.92. The van der Waals surface area contributed by atoms with Gasteiger partial charge in [0.25, 0.3) is 0 Å². The number of alkyl halides is 2. The number of halogens is 2. The summed E-state index contributed by atoms with van der Waals surface area (Å²) in [6.45, 7) is 2.02. The monoisotopic (exact) mass is 357 g/mol. The quantitative estimate of drug-likeness (QED) is 0.572. The predicted octanol–water partition coefficient (Wildman–Crippen LogP) is 2.77. The smallest absolute Gasteiger partial charge is 0.387 e. The lowest BCUT2D eigenvalue weighted by Crippen LogP contribution is -2.49. The van der Waals surface area contributed by atoms with E-state index in [-0.39, 0.29) is 18.1 Å². The second-order valence-electron chi connectivity index (χ2n) is 5.46. The first-order valence-corrected chi connectivity index (χ1v) is 7.50. The van der Waals surface area contributed by atoms with Gasteiger partial charge in [-0.25, -0.2) is 4.79 Å². The zero-order chi connectivity index (χ0) is 19.0. The summed E-state index contributed by atoms with van der Waals surface area (Å²) in [5.41, 5.74) is -0.641. The van der Waals surface area contributed by atoms with E-state index in [1.54, 1.807) is 6.92 Å². The molecule has 138 valence electrons. The number of hydrogen-bond donors (Lipinski definition) is 1. The molecule has 0 unspecified atom stereocenters. The first kappa shape index (κ1) is 20.4. The Morgan fingerprint density at radius 2 is 1.96 bits per heavy atom. The van der Waals surface area contributed by atoms with Gasteiger partial charge < -0.3 is 19.5 Å². The second kappa shape index (κ2) is 9.00. The van der Waals surface area contributed by atoms with Crippen LogP contribution in [0.2, 0.25) is 0 Å². The van der Waals surface area contributed by atoms with E-state index in [0.717, 1.165) is 0 Å². The number of esters is 1. The van der Waals surface area contributed by atoms with Gasteiger partial charge in [0, 0.05) is 6.08 Å². The average molecular weight is 357 g/mol. The maximum absolute atomic E-state index is 12.4. The highest BCUT2D eigenvalue weighted by Gasteiger charge is 2.29. The van der Waals surface area contributed by atoms with Crippen molar-refractivity contribution in [1.82, 2.24) is 5.32 Å². The van der Waals surface area contributed by atoms with Gasteiger partial charge in [-0.3, -0.25) is 4.79 Å². The van der Waals surface area contributed by atoms with Crippen LogP contribution < -0.4 is 14.8 Å². The van der Waals surface area contributed by atoms with E-state index in [1.165, 1.54) is 51.3 Å². The second-order valence-corrected chi connectivity index (χ2v) is 5.46. The highest BCUT2D eigenvalue weighted by Crippen LogP contribution is 2.30. The van der Waals surface area contributed by atoms with Gasteiger partial charge >= 0.3 is 12.6 Å². The number of rotatable bonds is 8. The fourth-order valence-corrected chi connectivity index (χ4v) is 1.92. The van der Waals surface area contributed by atoms with E-state index in [1.807, 2.05) is 0 Å². The van der Waals surface area contributed by atoms with Gasteiger partial charge in [-0.2, -0.15) is 8.78 Å². The Bertz CT molecular complexity index is 644. The van der Waals surface area contributed by atoms with E-state index >= 15 is 0 Å². The third-order valence-corrected chi connectivity index (χ3v) is 3.04. The SMILES string of the molecule is CCOc1cc(/C=C/C(=O)NC(C)(C)C(=O)OC)ccc1OC(F)F. The first-order valence-electron chi connectivity index (χ1n) is 7.50. The van der Waals surface area contributed by atoms with Gasteiger partial charge in [-0.1, -0.05) is 6.07 Å². The summed E-state index contributed by atoms with van der Waals surface area (Å²) in [5.74, 6) is -1.05. The van der Waals surface area contributed by atoms with E-state index in [2.05, 4.69) is 14.8 Å². The molecule has 0 saturated heterocycles. The van der Waals surface area contributed by atoms with Gasteiger partial charge in [-0.05, 0) is 44.5 Å². The van der Waals surface area contributed by atoms with Crippen LogP contribution in [0.25, 0.3) is 6.08 Å². The van der Waals surface area contributed by atoms with Crippen molar-refractivity contribution in [3.8, 4) is 11.5 Å². The lowest BCUT2D eigenvalue weighted by atomic mass is 10.1. The minimum Gasteiger partial charge on any atom is -0.490 e. The maximum atomic E-state index is 12.4. The third-order valence-electron chi connectivity index (χ3n) is 3.04. The molecule has 1 aromatic carbocycles. The molecule has 0 atom stereocenters.